The first-order valence-electron chi connectivity index (χ1n) is 5.14. The van der Waals surface area contributed by atoms with Crippen LogP contribution >= 0.6 is 0 Å². The Morgan fingerprint density at radius 3 is 2.59 bits per heavy atom. The van der Waals surface area contributed by atoms with E-state index in [0.29, 0.717) is 17.2 Å². The minimum absolute atomic E-state index is 0.224. The summed E-state index contributed by atoms with van der Waals surface area (Å²) in [7, 11) is 0. The van der Waals surface area contributed by atoms with Gasteiger partial charge in [0.15, 0.2) is 11.5 Å². The largest absolute Gasteiger partial charge is 0.508 e. The quantitative estimate of drug-likeness (QED) is 0.662. The molecule has 0 aliphatic rings. The second kappa shape index (κ2) is 3.48. The molecule has 3 aromatic rings. The van der Waals surface area contributed by atoms with E-state index in [1.165, 1.54) is 0 Å². The molecule has 1 aromatic carbocycles. The summed E-state index contributed by atoms with van der Waals surface area (Å²) in [4.78, 5) is 0. The number of aromatic nitrogens is 3. The van der Waals surface area contributed by atoms with Crippen LogP contribution in [0.1, 0.15) is 0 Å². The molecule has 0 unspecified atom stereocenters. The third kappa shape index (κ3) is 1.48. The number of hydrogen-bond acceptors (Lipinski definition) is 4. The van der Waals surface area contributed by atoms with Gasteiger partial charge in [-0.25, -0.2) is 0 Å². The number of nitrogen functional groups attached to an aromatic ring is 1. The number of rotatable bonds is 1. The van der Waals surface area contributed by atoms with E-state index in [9.17, 15) is 5.11 Å². The predicted molar refractivity (Wildman–Crippen MR) is 64.5 cm³/mol. The van der Waals surface area contributed by atoms with E-state index in [2.05, 4.69) is 10.2 Å². The topological polar surface area (TPSA) is 76.4 Å². The summed E-state index contributed by atoms with van der Waals surface area (Å²) in [5, 5.41) is 17.4. The zero-order chi connectivity index (χ0) is 11.8. The number of phenolic OH excluding ortho intramolecular Hbond substituents is 1. The van der Waals surface area contributed by atoms with Gasteiger partial charge in [-0.1, -0.05) is 0 Å². The van der Waals surface area contributed by atoms with Crippen molar-refractivity contribution in [2.75, 3.05) is 5.73 Å². The fraction of sp³-hybridized carbons (Fsp3) is 0. The molecule has 5 heteroatoms. The van der Waals surface area contributed by atoms with Crippen molar-refractivity contribution < 1.29 is 5.11 Å². The molecule has 17 heavy (non-hydrogen) atoms. The van der Waals surface area contributed by atoms with E-state index < -0.39 is 0 Å². The molecule has 2 aromatic heterocycles. The van der Waals surface area contributed by atoms with Crippen LogP contribution in [-0.2, 0) is 0 Å². The summed E-state index contributed by atoms with van der Waals surface area (Å²) in [5.41, 5.74) is 7.91. The van der Waals surface area contributed by atoms with Gasteiger partial charge in [0, 0.05) is 11.8 Å². The average molecular weight is 226 g/mol. The van der Waals surface area contributed by atoms with Crippen LogP contribution in [0.3, 0.4) is 0 Å². The van der Waals surface area contributed by atoms with Crippen molar-refractivity contribution in [2.45, 2.75) is 0 Å². The first kappa shape index (κ1) is 9.65. The molecule has 0 aliphatic carbocycles. The maximum atomic E-state index is 9.25. The van der Waals surface area contributed by atoms with Gasteiger partial charge in [0.05, 0.1) is 5.69 Å². The first-order chi connectivity index (χ1) is 8.25. The van der Waals surface area contributed by atoms with Crippen molar-refractivity contribution in [1.29, 1.82) is 0 Å². The zero-order valence-corrected chi connectivity index (χ0v) is 8.91. The molecule has 0 saturated heterocycles. The molecular weight excluding hydrogens is 216 g/mol. The van der Waals surface area contributed by atoms with Gasteiger partial charge in [0.2, 0.25) is 0 Å². The summed E-state index contributed by atoms with van der Waals surface area (Å²) >= 11 is 0. The van der Waals surface area contributed by atoms with E-state index in [1.54, 1.807) is 30.3 Å². The molecule has 3 rings (SSSR count). The van der Waals surface area contributed by atoms with Crippen molar-refractivity contribution in [3.8, 4) is 17.1 Å². The van der Waals surface area contributed by atoms with Crippen LogP contribution in [0.25, 0.3) is 17.0 Å². The second-order valence-corrected chi connectivity index (χ2v) is 3.73. The standard InChI is InChI=1S/C12H10N4O/c13-10-2-1-7-16-11(14-15-12(10)16)8-3-5-9(17)6-4-8/h1-7,17H,13H2. The maximum absolute atomic E-state index is 9.25. The van der Waals surface area contributed by atoms with E-state index >= 15 is 0 Å². The van der Waals surface area contributed by atoms with Crippen LogP contribution in [0.15, 0.2) is 42.6 Å². The number of phenols is 1. The Kier molecular flexibility index (Phi) is 1.98. The molecule has 0 spiro atoms. The SMILES string of the molecule is Nc1cccn2c(-c3ccc(O)cc3)nnc12. The minimum atomic E-state index is 0.224. The van der Waals surface area contributed by atoms with Gasteiger partial charge in [-0.3, -0.25) is 4.40 Å². The zero-order valence-electron chi connectivity index (χ0n) is 8.91. The fourth-order valence-corrected chi connectivity index (χ4v) is 1.74. The van der Waals surface area contributed by atoms with Gasteiger partial charge >= 0.3 is 0 Å². The molecule has 0 fully saturated rings. The molecule has 84 valence electrons. The van der Waals surface area contributed by atoms with Gasteiger partial charge < -0.3 is 10.8 Å². The minimum Gasteiger partial charge on any atom is -0.508 e. The Hall–Kier alpha value is -2.56. The molecule has 0 radical (unpaired) electrons. The normalized spacial score (nSPS) is 10.8. The number of benzene rings is 1. The number of hydrogen-bond donors (Lipinski definition) is 2. The molecule has 0 atom stereocenters. The van der Waals surface area contributed by atoms with Crippen LogP contribution in [-0.4, -0.2) is 19.7 Å². The number of aromatic hydroxyl groups is 1. The van der Waals surface area contributed by atoms with Crippen molar-refractivity contribution >= 4 is 11.3 Å². The van der Waals surface area contributed by atoms with E-state index in [4.69, 9.17) is 5.73 Å². The lowest BCUT2D eigenvalue weighted by atomic mass is 10.2. The lowest BCUT2D eigenvalue weighted by Gasteiger charge is -2.01. The van der Waals surface area contributed by atoms with E-state index in [-0.39, 0.29) is 5.75 Å². The average Bonchev–Trinajstić information content (AvgIpc) is 2.75. The number of nitrogens with two attached hydrogens (primary N) is 1. The highest BCUT2D eigenvalue weighted by atomic mass is 16.3. The smallest absolute Gasteiger partial charge is 0.184 e. The Morgan fingerprint density at radius 2 is 1.82 bits per heavy atom. The molecule has 5 nitrogen and oxygen atoms in total. The Labute approximate surface area is 97.1 Å². The first-order valence-corrected chi connectivity index (χ1v) is 5.14. The van der Waals surface area contributed by atoms with Gasteiger partial charge in [0.1, 0.15) is 5.75 Å². The predicted octanol–water partition coefficient (Wildman–Crippen LogP) is 1.68. The van der Waals surface area contributed by atoms with Gasteiger partial charge in [-0.15, -0.1) is 10.2 Å². The van der Waals surface area contributed by atoms with Crippen molar-refractivity contribution in [1.82, 2.24) is 14.6 Å². The third-order valence-corrected chi connectivity index (χ3v) is 2.59. The summed E-state index contributed by atoms with van der Waals surface area (Å²) in [5.74, 6) is 0.925. The Balaban J connectivity index is 2.24. The maximum Gasteiger partial charge on any atom is 0.184 e. The third-order valence-electron chi connectivity index (χ3n) is 2.59. The lowest BCUT2D eigenvalue weighted by molar-refractivity contribution is 0.475. The van der Waals surface area contributed by atoms with Gasteiger partial charge in [0.25, 0.3) is 0 Å². The summed E-state index contributed by atoms with van der Waals surface area (Å²) in [6.45, 7) is 0. The van der Waals surface area contributed by atoms with Crippen molar-refractivity contribution in [3.05, 3.63) is 42.6 Å². The summed E-state index contributed by atoms with van der Waals surface area (Å²) in [6.07, 6.45) is 1.86. The van der Waals surface area contributed by atoms with Crippen molar-refractivity contribution in [2.24, 2.45) is 0 Å². The summed E-state index contributed by atoms with van der Waals surface area (Å²) < 4.78 is 1.82. The Bertz CT molecular complexity index is 673. The lowest BCUT2D eigenvalue weighted by Crippen LogP contribution is -1.93. The van der Waals surface area contributed by atoms with Crippen LogP contribution < -0.4 is 5.73 Å². The number of anilines is 1. The van der Waals surface area contributed by atoms with E-state index in [1.807, 2.05) is 16.7 Å². The Morgan fingerprint density at radius 1 is 1.06 bits per heavy atom. The highest BCUT2D eigenvalue weighted by Crippen LogP contribution is 2.22. The number of pyridine rings is 1. The van der Waals surface area contributed by atoms with Gasteiger partial charge in [-0.2, -0.15) is 0 Å². The van der Waals surface area contributed by atoms with Crippen LogP contribution in [0.5, 0.6) is 5.75 Å². The molecule has 0 saturated carbocycles. The number of fused-ring (bicyclic) bond motifs is 1. The highest BCUT2D eigenvalue weighted by molar-refractivity contribution is 5.69. The fourth-order valence-electron chi connectivity index (χ4n) is 1.74. The second-order valence-electron chi connectivity index (χ2n) is 3.73. The van der Waals surface area contributed by atoms with Crippen LogP contribution in [0.4, 0.5) is 5.69 Å². The summed E-state index contributed by atoms with van der Waals surface area (Å²) in [6, 6.07) is 10.4. The monoisotopic (exact) mass is 226 g/mol. The molecular formula is C12H10N4O. The molecule has 0 amide bonds. The van der Waals surface area contributed by atoms with Gasteiger partial charge in [-0.05, 0) is 36.4 Å². The van der Waals surface area contributed by atoms with Crippen molar-refractivity contribution in [3.63, 3.8) is 0 Å². The molecule has 0 aliphatic heterocycles. The molecule has 2 heterocycles. The number of nitrogens with zero attached hydrogens (tertiary/aromatic N) is 3. The van der Waals surface area contributed by atoms with Crippen LogP contribution in [0, 0.1) is 0 Å². The molecule has 0 bridgehead atoms. The van der Waals surface area contributed by atoms with Crippen LogP contribution in [0.2, 0.25) is 0 Å². The highest BCUT2D eigenvalue weighted by Gasteiger charge is 2.09. The van der Waals surface area contributed by atoms with E-state index in [0.717, 1.165) is 5.56 Å². The molecule has 3 N–H and O–H groups in total.